The van der Waals surface area contributed by atoms with Crippen LogP contribution in [0, 0.1) is 6.92 Å². The first-order valence-electron chi connectivity index (χ1n) is 5.52. The van der Waals surface area contributed by atoms with Gasteiger partial charge in [0.15, 0.2) is 0 Å². The van der Waals surface area contributed by atoms with E-state index in [1.54, 1.807) is 11.3 Å². The average Bonchev–Trinajstić information content (AvgIpc) is 2.82. The number of halogens is 1. The van der Waals surface area contributed by atoms with Gasteiger partial charge in [-0.15, -0.1) is 11.3 Å². The molecule has 0 saturated carbocycles. The molecule has 2 aromatic heterocycles. The summed E-state index contributed by atoms with van der Waals surface area (Å²) in [5.74, 6) is 0. The number of likely N-dealkylation sites (N-methyl/N-ethyl adjacent to an activating group) is 1. The molecule has 0 saturated heterocycles. The maximum atomic E-state index is 5.95. The molecule has 1 N–H and O–H groups in total. The average molecular weight is 270 g/mol. The third-order valence-electron chi connectivity index (χ3n) is 2.78. The lowest BCUT2D eigenvalue weighted by Crippen LogP contribution is -2.21. The summed E-state index contributed by atoms with van der Waals surface area (Å²) in [7, 11) is 3.95. The van der Waals surface area contributed by atoms with Crippen molar-refractivity contribution in [2.75, 3.05) is 7.05 Å². The van der Waals surface area contributed by atoms with Crippen LogP contribution in [0.1, 0.15) is 22.3 Å². The highest BCUT2D eigenvalue weighted by molar-refractivity contribution is 7.16. The topological polar surface area (TPSA) is 29.9 Å². The van der Waals surface area contributed by atoms with Crippen molar-refractivity contribution in [3.05, 3.63) is 38.8 Å². The zero-order valence-electron chi connectivity index (χ0n) is 10.2. The van der Waals surface area contributed by atoms with Crippen LogP contribution in [0.2, 0.25) is 4.34 Å². The zero-order chi connectivity index (χ0) is 12.4. The Labute approximate surface area is 110 Å². The maximum Gasteiger partial charge on any atom is 0.0931 e. The Kier molecular flexibility index (Phi) is 3.86. The lowest BCUT2D eigenvalue weighted by Gasteiger charge is -2.15. The SMILES string of the molecule is CNC(Cc1ccc(Cl)s1)c1cc(C)nn1C. The van der Waals surface area contributed by atoms with E-state index in [1.165, 1.54) is 10.6 Å². The van der Waals surface area contributed by atoms with Gasteiger partial charge in [0.25, 0.3) is 0 Å². The molecule has 5 heteroatoms. The van der Waals surface area contributed by atoms with E-state index in [-0.39, 0.29) is 6.04 Å². The van der Waals surface area contributed by atoms with Gasteiger partial charge < -0.3 is 5.32 Å². The van der Waals surface area contributed by atoms with E-state index >= 15 is 0 Å². The van der Waals surface area contributed by atoms with Gasteiger partial charge in [-0.25, -0.2) is 0 Å². The first kappa shape index (κ1) is 12.6. The quantitative estimate of drug-likeness (QED) is 0.925. The molecular weight excluding hydrogens is 254 g/mol. The number of aromatic nitrogens is 2. The van der Waals surface area contributed by atoms with E-state index in [2.05, 4.69) is 22.5 Å². The fraction of sp³-hybridized carbons (Fsp3) is 0.417. The number of hydrogen-bond acceptors (Lipinski definition) is 3. The van der Waals surface area contributed by atoms with Crippen LogP contribution < -0.4 is 5.32 Å². The first-order chi connectivity index (χ1) is 8.10. The van der Waals surface area contributed by atoms with Crippen molar-refractivity contribution < 1.29 is 0 Å². The molecule has 0 spiro atoms. The molecule has 0 aliphatic carbocycles. The minimum absolute atomic E-state index is 0.274. The van der Waals surface area contributed by atoms with Gasteiger partial charge in [-0.2, -0.15) is 5.10 Å². The van der Waals surface area contributed by atoms with Crippen LogP contribution in [0.5, 0.6) is 0 Å². The van der Waals surface area contributed by atoms with Crippen LogP contribution in [0.3, 0.4) is 0 Å². The van der Waals surface area contributed by atoms with E-state index < -0.39 is 0 Å². The minimum Gasteiger partial charge on any atom is -0.311 e. The van der Waals surface area contributed by atoms with Crippen molar-refractivity contribution in [2.24, 2.45) is 7.05 Å². The summed E-state index contributed by atoms with van der Waals surface area (Å²) in [6.07, 6.45) is 0.937. The van der Waals surface area contributed by atoms with Crippen LogP contribution in [0.25, 0.3) is 0 Å². The molecule has 0 aromatic carbocycles. The van der Waals surface area contributed by atoms with Gasteiger partial charge in [-0.3, -0.25) is 4.68 Å². The molecule has 0 aliphatic rings. The number of nitrogens with one attached hydrogen (secondary N) is 1. The highest BCUT2D eigenvalue weighted by Gasteiger charge is 2.15. The number of nitrogens with zero attached hydrogens (tertiary/aromatic N) is 2. The highest BCUT2D eigenvalue weighted by atomic mass is 35.5. The van der Waals surface area contributed by atoms with Gasteiger partial charge in [0.1, 0.15) is 0 Å². The molecule has 0 bridgehead atoms. The third kappa shape index (κ3) is 2.89. The maximum absolute atomic E-state index is 5.95. The molecule has 3 nitrogen and oxygen atoms in total. The van der Waals surface area contributed by atoms with E-state index in [0.29, 0.717) is 0 Å². The second-order valence-electron chi connectivity index (χ2n) is 4.09. The summed E-state index contributed by atoms with van der Waals surface area (Å²) in [6.45, 7) is 2.01. The fourth-order valence-electron chi connectivity index (χ4n) is 1.97. The normalized spacial score (nSPS) is 12.9. The van der Waals surface area contributed by atoms with E-state index in [0.717, 1.165) is 16.5 Å². The Bertz CT molecular complexity index is 504. The Hall–Kier alpha value is -0.840. The lowest BCUT2D eigenvalue weighted by atomic mass is 10.1. The Morgan fingerprint density at radius 3 is 2.76 bits per heavy atom. The fourth-order valence-corrected chi connectivity index (χ4v) is 3.11. The second kappa shape index (κ2) is 5.21. The van der Waals surface area contributed by atoms with Gasteiger partial charge in [0.05, 0.1) is 21.8 Å². The molecule has 2 aromatic rings. The van der Waals surface area contributed by atoms with Crippen LogP contribution in [0.4, 0.5) is 0 Å². The molecule has 1 unspecified atom stereocenters. The van der Waals surface area contributed by atoms with Crippen molar-refractivity contribution in [3.8, 4) is 0 Å². The number of rotatable bonds is 4. The number of thiophene rings is 1. The summed E-state index contributed by atoms with van der Waals surface area (Å²) >= 11 is 7.58. The Morgan fingerprint density at radius 2 is 2.29 bits per heavy atom. The number of aryl methyl sites for hydroxylation is 2. The summed E-state index contributed by atoms with van der Waals surface area (Å²) in [4.78, 5) is 1.29. The molecule has 0 radical (unpaired) electrons. The molecular formula is C12H16ClN3S. The Balaban J connectivity index is 2.19. The number of hydrogen-bond donors (Lipinski definition) is 1. The predicted molar refractivity (Wildman–Crippen MR) is 72.8 cm³/mol. The molecule has 2 rings (SSSR count). The lowest BCUT2D eigenvalue weighted by molar-refractivity contribution is 0.540. The largest absolute Gasteiger partial charge is 0.311 e. The molecule has 0 fully saturated rings. The zero-order valence-corrected chi connectivity index (χ0v) is 11.8. The molecule has 1 atom stereocenters. The monoisotopic (exact) mass is 269 g/mol. The molecule has 17 heavy (non-hydrogen) atoms. The van der Waals surface area contributed by atoms with E-state index in [4.69, 9.17) is 11.6 Å². The standard InChI is InChI=1S/C12H16ClN3S/c1-8-6-11(16(3)15-8)10(14-2)7-9-4-5-12(13)17-9/h4-6,10,14H,7H2,1-3H3. The Morgan fingerprint density at radius 1 is 1.53 bits per heavy atom. The third-order valence-corrected chi connectivity index (χ3v) is 4.03. The summed E-state index contributed by atoms with van der Waals surface area (Å²) < 4.78 is 2.78. The molecule has 0 aliphatic heterocycles. The summed E-state index contributed by atoms with van der Waals surface area (Å²) in [6, 6.07) is 6.43. The van der Waals surface area contributed by atoms with Crippen molar-refractivity contribution in [3.63, 3.8) is 0 Å². The van der Waals surface area contributed by atoms with E-state index in [1.807, 2.05) is 31.8 Å². The molecule has 0 amide bonds. The second-order valence-corrected chi connectivity index (χ2v) is 5.89. The molecule has 92 valence electrons. The van der Waals surface area contributed by atoms with Crippen molar-refractivity contribution in [1.29, 1.82) is 0 Å². The van der Waals surface area contributed by atoms with Gasteiger partial charge in [-0.1, -0.05) is 11.6 Å². The van der Waals surface area contributed by atoms with E-state index in [9.17, 15) is 0 Å². The summed E-state index contributed by atoms with van der Waals surface area (Å²) in [5.41, 5.74) is 2.25. The van der Waals surface area contributed by atoms with Gasteiger partial charge in [0.2, 0.25) is 0 Å². The highest BCUT2D eigenvalue weighted by Crippen LogP contribution is 2.26. The van der Waals surface area contributed by atoms with Gasteiger partial charge in [-0.05, 0) is 32.2 Å². The van der Waals surface area contributed by atoms with Crippen LogP contribution in [-0.4, -0.2) is 16.8 Å². The summed E-state index contributed by atoms with van der Waals surface area (Å²) in [5, 5.41) is 7.71. The van der Waals surface area contributed by atoms with Crippen molar-refractivity contribution in [1.82, 2.24) is 15.1 Å². The minimum atomic E-state index is 0.274. The van der Waals surface area contributed by atoms with Crippen LogP contribution in [0.15, 0.2) is 18.2 Å². The smallest absolute Gasteiger partial charge is 0.0931 e. The van der Waals surface area contributed by atoms with Crippen molar-refractivity contribution >= 4 is 22.9 Å². The molecule has 2 heterocycles. The van der Waals surface area contributed by atoms with Crippen LogP contribution in [-0.2, 0) is 13.5 Å². The predicted octanol–water partition coefficient (Wildman–Crippen LogP) is 2.95. The van der Waals surface area contributed by atoms with Crippen LogP contribution >= 0.6 is 22.9 Å². The van der Waals surface area contributed by atoms with Gasteiger partial charge >= 0.3 is 0 Å². The van der Waals surface area contributed by atoms with Gasteiger partial charge in [0, 0.05) is 18.3 Å². The van der Waals surface area contributed by atoms with Crippen molar-refractivity contribution in [2.45, 2.75) is 19.4 Å². The first-order valence-corrected chi connectivity index (χ1v) is 6.71.